The first kappa shape index (κ1) is 21.9. The fourth-order valence-corrected chi connectivity index (χ4v) is 2.87. The molecule has 2 N–H and O–H groups in total. The molecule has 0 aliphatic rings. The molecule has 0 saturated carbocycles. The van der Waals surface area contributed by atoms with Gasteiger partial charge in [-0.25, -0.2) is 9.59 Å². The highest BCUT2D eigenvalue weighted by molar-refractivity contribution is 6.04. The van der Waals surface area contributed by atoms with Crippen LogP contribution in [-0.4, -0.2) is 47.9 Å². The van der Waals surface area contributed by atoms with Gasteiger partial charge in [0.05, 0.1) is 18.4 Å². The van der Waals surface area contributed by atoms with Gasteiger partial charge in [-0.1, -0.05) is 18.2 Å². The zero-order valence-corrected chi connectivity index (χ0v) is 17.0. The summed E-state index contributed by atoms with van der Waals surface area (Å²) in [5.41, 5.74) is 1.76. The molecular formula is C21H24N2O6. The number of H-pyrrole nitrogens is 1. The summed E-state index contributed by atoms with van der Waals surface area (Å²) in [6.07, 6.45) is -1.11. The number of rotatable bonds is 7. The molecule has 29 heavy (non-hydrogen) atoms. The molecule has 0 spiro atoms. The van der Waals surface area contributed by atoms with Crippen molar-refractivity contribution in [2.75, 3.05) is 7.11 Å². The Bertz CT molecular complexity index is 932. The van der Waals surface area contributed by atoms with Gasteiger partial charge in [-0.2, -0.15) is 0 Å². The molecule has 1 heterocycles. The number of carbonyl (C=O) groups is 4. The SMILES string of the molecule is COC(=O)c1c(C)[nH]c(C(=O)C(C)OC(=O)[C@H](C)NC(=O)c2ccccc2)c1C. The Morgan fingerprint density at radius 3 is 2.24 bits per heavy atom. The third-order valence-electron chi connectivity index (χ3n) is 4.47. The highest BCUT2D eigenvalue weighted by atomic mass is 16.5. The Labute approximate surface area is 168 Å². The summed E-state index contributed by atoms with van der Waals surface area (Å²) in [4.78, 5) is 51.9. The Hall–Kier alpha value is -3.42. The molecule has 0 bridgehead atoms. The average molecular weight is 400 g/mol. The first-order valence-electron chi connectivity index (χ1n) is 9.05. The highest BCUT2D eigenvalue weighted by Crippen LogP contribution is 2.21. The first-order valence-corrected chi connectivity index (χ1v) is 9.05. The summed E-state index contributed by atoms with van der Waals surface area (Å²) in [5.74, 6) is -2.22. The summed E-state index contributed by atoms with van der Waals surface area (Å²) < 4.78 is 9.94. The van der Waals surface area contributed by atoms with Gasteiger partial charge in [-0.3, -0.25) is 9.59 Å². The topological polar surface area (TPSA) is 115 Å². The lowest BCUT2D eigenvalue weighted by Gasteiger charge is -2.17. The zero-order valence-electron chi connectivity index (χ0n) is 17.0. The van der Waals surface area contributed by atoms with Gasteiger partial charge in [0.15, 0.2) is 6.10 Å². The number of hydrogen-bond donors (Lipinski definition) is 2. The van der Waals surface area contributed by atoms with Crippen LogP contribution in [0.1, 0.15) is 56.3 Å². The number of methoxy groups -OCH3 is 1. The smallest absolute Gasteiger partial charge is 0.339 e. The van der Waals surface area contributed by atoms with Crippen LogP contribution >= 0.6 is 0 Å². The van der Waals surface area contributed by atoms with Crippen molar-refractivity contribution >= 4 is 23.6 Å². The van der Waals surface area contributed by atoms with Crippen LogP contribution < -0.4 is 5.32 Å². The first-order chi connectivity index (χ1) is 13.7. The van der Waals surface area contributed by atoms with Crippen LogP contribution in [0.3, 0.4) is 0 Å². The molecule has 0 saturated heterocycles. The van der Waals surface area contributed by atoms with Crippen LogP contribution in [0, 0.1) is 13.8 Å². The molecule has 0 aliphatic carbocycles. The van der Waals surface area contributed by atoms with Gasteiger partial charge in [0.25, 0.3) is 5.91 Å². The Morgan fingerprint density at radius 1 is 1.03 bits per heavy atom. The van der Waals surface area contributed by atoms with E-state index in [9.17, 15) is 19.2 Å². The second-order valence-corrected chi connectivity index (χ2v) is 6.62. The van der Waals surface area contributed by atoms with Gasteiger partial charge in [-0.05, 0) is 45.4 Å². The van der Waals surface area contributed by atoms with Crippen molar-refractivity contribution in [2.24, 2.45) is 0 Å². The molecule has 1 unspecified atom stereocenters. The molecule has 1 aromatic carbocycles. The number of aromatic nitrogens is 1. The molecule has 1 aromatic heterocycles. The van der Waals surface area contributed by atoms with E-state index in [-0.39, 0.29) is 11.3 Å². The van der Waals surface area contributed by atoms with Crippen molar-refractivity contribution < 1.29 is 28.7 Å². The van der Waals surface area contributed by atoms with E-state index in [2.05, 4.69) is 10.3 Å². The normalized spacial score (nSPS) is 12.6. The maximum Gasteiger partial charge on any atom is 0.339 e. The van der Waals surface area contributed by atoms with E-state index in [1.165, 1.54) is 21.0 Å². The van der Waals surface area contributed by atoms with Crippen LogP contribution in [-0.2, 0) is 14.3 Å². The second kappa shape index (κ2) is 9.18. The summed E-state index contributed by atoms with van der Waals surface area (Å²) in [5, 5.41) is 2.53. The number of ketones is 1. The largest absolute Gasteiger partial charge is 0.465 e. The molecular weight excluding hydrogens is 376 g/mol. The number of carbonyl (C=O) groups excluding carboxylic acids is 4. The second-order valence-electron chi connectivity index (χ2n) is 6.62. The number of nitrogens with one attached hydrogen (secondary N) is 2. The Balaban J connectivity index is 2.04. The number of Topliss-reactive ketones (excluding diaryl/α,β-unsaturated/α-hetero) is 1. The maximum atomic E-state index is 12.7. The van der Waals surface area contributed by atoms with Crippen molar-refractivity contribution in [3.8, 4) is 0 Å². The predicted octanol–water partition coefficient (Wildman–Crippen LogP) is 2.35. The molecule has 1 amide bonds. The minimum absolute atomic E-state index is 0.171. The molecule has 0 aliphatic heterocycles. The zero-order chi connectivity index (χ0) is 21.7. The van der Waals surface area contributed by atoms with Gasteiger partial charge in [0.1, 0.15) is 6.04 Å². The monoisotopic (exact) mass is 400 g/mol. The lowest BCUT2D eigenvalue weighted by atomic mass is 10.1. The number of hydrogen-bond acceptors (Lipinski definition) is 6. The number of amides is 1. The van der Waals surface area contributed by atoms with Crippen LogP contribution in [0.2, 0.25) is 0 Å². The van der Waals surface area contributed by atoms with Crippen LogP contribution in [0.15, 0.2) is 30.3 Å². The molecule has 8 nitrogen and oxygen atoms in total. The molecule has 2 atom stereocenters. The molecule has 0 radical (unpaired) electrons. The van der Waals surface area contributed by atoms with Crippen molar-refractivity contribution in [2.45, 2.75) is 39.8 Å². The van der Waals surface area contributed by atoms with E-state index in [1.807, 2.05) is 0 Å². The molecule has 2 aromatic rings. The lowest BCUT2D eigenvalue weighted by Crippen LogP contribution is -2.41. The van der Waals surface area contributed by atoms with E-state index < -0.39 is 35.8 Å². The van der Waals surface area contributed by atoms with E-state index in [0.717, 1.165) is 0 Å². The number of aromatic amines is 1. The van der Waals surface area contributed by atoms with Crippen molar-refractivity contribution in [1.82, 2.24) is 10.3 Å². The maximum absolute atomic E-state index is 12.7. The lowest BCUT2D eigenvalue weighted by molar-refractivity contribution is -0.148. The van der Waals surface area contributed by atoms with Crippen molar-refractivity contribution in [3.63, 3.8) is 0 Å². The average Bonchev–Trinajstić information content (AvgIpc) is 3.01. The molecule has 0 fully saturated rings. The molecule has 2 rings (SSSR count). The quantitative estimate of drug-likeness (QED) is 0.545. The van der Waals surface area contributed by atoms with Crippen LogP contribution in [0.25, 0.3) is 0 Å². The minimum Gasteiger partial charge on any atom is -0.465 e. The van der Waals surface area contributed by atoms with E-state index >= 15 is 0 Å². The Morgan fingerprint density at radius 2 is 1.66 bits per heavy atom. The van der Waals surface area contributed by atoms with Gasteiger partial charge in [-0.15, -0.1) is 0 Å². The molecule has 8 heteroatoms. The molecule has 154 valence electrons. The third kappa shape index (κ3) is 4.90. The van der Waals surface area contributed by atoms with Gasteiger partial charge in [0, 0.05) is 11.3 Å². The van der Waals surface area contributed by atoms with Crippen LogP contribution in [0.5, 0.6) is 0 Å². The number of esters is 2. The minimum atomic E-state index is -1.11. The fraction of sp³-hybridized carbons (Fsp3) is 0.333. The van der Waals surface area contributed by atoms with E-state index in [1.54, 1.807) is 44.2 Å². The van der Waals surface area contributed by atoms with Crippen LogP contribution in [0.4, 0.5) is 0 Å². The summed E-state index contributed by atoms with van der Waals surface area (Å²) in [7, 11) is 1.26. The van der Waals surface area contributed by atoms with E-state index in [4.69, 9.17) is 9.47 Å². The number of benzene rings is 1. The van der Waals surface area contributed by atoms with Crippen molar-refractivity contribution in [3.05, 3.63) is 58.4 Å². The highest BCUT2D eigenvalue weighted by Gasteiger charge is 2.29. The van der Waals surface area contributed by atoms with Gasteiger partial charge in [0.2, 0.25) is 5.78 Å². The fourth-order valence-electron chi connectivity index (χ4n) is 2.87. The van der Waals surface area contributed by atoms with E-state index in [0.29, 0.717) is 16.8 Å². The standard InChI is InChI=1S/C21H24N2O6/c1-11-16(21(27)28-5)12(2)22-17(11)18(24)14(4)29-20(26)13(3)23-19(25)15-9-7-6-8-10-15/h6-10,13-14,22H,1-5H3,(H,23,25)/t13-,14?/m0/s1. The number of aryl methyl sites for hydroxylation is 1. The summed E-state index contributed by atoms with van der Waals surface area (Å²) in [6, 6.07) is 7.49. The van der Waals surface area contributed by atoms with Gasteiger partial charge >= 0.3 is 11.9 Å². The number of ether oxygens (including phenoxy) is 2. The Kier molecular flexibility index (Phi) is 6.93. The third-order valence-corrected chi connectivity index (χ3v) is 4.47. The predicted molar refractivity (Wildman–Crippen MR) is 105 cm³/mol. The summed E-state index contributed by atoms with van der Waals surface area (Å²) in [6.45, 7) is 6.16. The van der Waals surface area contributed by atoms with Crippen molar-refractivity contribution in [1.29, 1.82) is 0 Å². The summed E-state index contributed by atoms with van der Waals surface area (Å²) >= 11 is 0. The van der Waals surface area contributed by atoms with Gasteiger partial charge < -0.3 is 19.8 Å².